The number of hydrogen-bond donors (Lipinski definition) is 0. The second kappa shape index (κ2) is 13.8. The van der Waals surface area contributed by atoms with Crippen molar-refractivity contribution < 1.29 is 28.5 Å². The first-order valence-corrected chi connectivity index (χ1v) is 15.7. The first-order chi connectivity index (χ1) is 20.0. The van der Waals surface area contributed by atoms with Gasteiger partial charge in [-0.15, -0.1) is 0 Å². The van der Waals surface area contributed by atoms with E-state index in [0.717, 1.165) is 4.47 Å². The number of nitrogens with zero attached hydrogens (tertiary/aromatic N) is 2. The number of thiazole rings is 1. The molecule has 0 aliphatic carbocycles. The number of carbonyl (C=O) groups excluding carboxylic acids is 2. The van der Waals surface area contributed by atoms with Crippen LogP contribution in [0.25, 0.3) is 6.08 Å². The molecule has 0 radical (unpaired) electrons. The van der Waals surface area contributed by atoms with Gasteiger partial charge in [0.15, 0.2) is 11.4 Å². The average molecular weight is 722 g/mol. The third kappa shape index (κ3) is 6.87. The third-order valence-corrected chi connectivity index (χ3v) is 8.09. The van der Waals surface area contributed by atoms with Gasteiger partial charge in [0, 0.05) is 15.6 Å². The van der Waals surface area contributed by atoms with Crippen molar-refractivity contribution in [3.05, 3.63) is 87.4 Å². The van der Waals surface area contributed by atoms with Crippen LogP contribution in [0.5, 0.6) is 11.5 Å². The van der Waals surface area contributed by atoms with Gasteiger partial charge in [-0.05, 0) is 74.8 Å². The molecular formula is C30H30Br2N2O7S. The Hall–Kier alpha value is -3.22. The maximum Gasteiger partial charge on any atom is 0.344 e. The van der Waals surface area contributed by atoms with E-state index in [4.69, 9.17) is 18.9 Å². The molecule has 0 spiro atoms. The van der Waals surface area contributed by atoms with E-state index in [1.54, 1.807) is 39.0 Å². The summed E-state index contributed by atoms with van der Waals surface area (Å²) in [5.74, 6) is -0.147. The number of para-hydroxylation sites is 1. The number of halogens is 2. The number of allylic oxidation sites excluding steroid dienone is 1. The molecule has 1 atom stereocenters. The van der Waals surface area contributed by atoms with Crippen LogP contribution in [0.15, 0.2) is 66.4 Å². The monoisotopic (exact) mass is 720 g/mol. The largest absolute Gasteiger partial charge is 0.491 e. The summed E-state index contributed by atoms with van der Waals surface area (Å²) >= 11 is 8.16. The Bertz CT molecular complexity index is 1730. The predicted octanol–water partition coefficient (Wildman–Crippen LogP) is 5.05. The highest BCUT2D eigenvalue weighted by atomic mass is 79.9. The molecule has 4 rings (SSSR count). The molecular weight excluding hydrogens is 692 g/mol. The lowest BCUT2D eigenvalue weighted by molar-refractivity contribution is -0.145. The van der Waals surface area contributed by atoms with Crippen LogP contribution in [0.1, 0.15) is 51.8 Å². The standard InChI is InChI=1S/C30H30Br2N2O7S/c1-6-38-24(35)15-40-27-18(12-19(31)14-21(27)32)13-23-28(36)34-26(20-10-8-9-11-22(20)41-16(3)4)25(29(37)39-7-2)17(5)33-30(34)42-23/h8-14,16,26H,6-7,15H2,1-5H3/b23-13-/t26-/m0/s1. The van der Waals surface area contributed by atoms with E-state index in [-0.39, 0.29) is 37.1 Å². The predicted molar refractivity (Wildman–Crippen MR) is 167 cm³/mol. The van der Waals surface area contributed by atoms with Gasteiger partial charge in [-0.25, -0.2) is 14.6 Å². The Morgan fingerprint density at radius 2 is 1.83 bits per heavy atom. The van der Waals surface area contributed by atoms with Crippen molar-refractivity contribution in [1.82, 2.24) is 4.57 Å². The maximum absolute atomic E-state index is 14.1. The molecule has 0 N–H and O–H groups in total. The lowest BCUT2D eigenvalue weighted by Crippen LogP contribution is -2.40. The SMILES string of the molecule is CCOC(=O)COc1c(Br)cc(Br)cc1/C=c1\sc2n(c1=O)[C@@H](c1ccccc1OC(C)C)C(C(=O)OCC)=C(C)N=2. The summed E-state index contributed by atoms with van der Waals surface area (Å²) < 4.78 is 25.5. The lowest BCUT2D eigenvalue weighted by Gasteiger charge is -2.26. The number of esters is 2. The van der Waals surface area contributed by atoms with E-state index >= 15 is 0 Å². The summed E-state index contributed by atoms with van der Waals surface area (Å²) in [6.07, 6.45) is 1.54. The number of ether oxygens (including phenoxy) is 4. The highest BCUT2D eigenvalue weighted by Gasteiger charge is 2.35. The highest BCUT2D eigenvalue weighted by Crippen LogP contribution is 2.37. The zero-order valence-electron chi connectivity index (χ0n) is 23.7. The molecule has 9 nitrogen and oxygen atoms in total. The van der Waals surface area contributed by atoms with Crippen molar-refractivity contribution in [3.8, 4) is 11.5 Å². The van der Waals surface area contributed by atoms with Gasteiger partial charge >= 0.3 is 11.9 Å². The minimum atomic E-state index is -0.828. The van der Waals surface area contributed by atoms with Crippen LogP contribution in [0.2, 0.25) is 0 Å². The van der Waals surface area contributed by atoms with E-state index in [1.807, 2.05) is 38.1 Å². The minimum absolute atomic E-state index is 0.138. The molecule has 42 heavy (non-hydrogen) atoms. The maximum atomic E-state index is 14.1. The van der Waals surface area contributed by atoms with Gasteiger partial charge in [0.1, 0.15) is 17.5 Å². The molecule has 0 saturated heterocycles. The van der Waals surface area contributed by atoms with Crippen LogP contribution in [0, 0.1) is 0 Å². The fourth-order valence-corrected chi connectivity index (χ4v) is 6.88. The smallest absolute Gasteiger partial charge is 0.344 e. The van der Waals surface area contributed by atoms with Gasteiger partial charge < -0.3 is 18.9 Å². The van der Waals surface area contributed by atoms with E-state index < -0.39 is 18.0 Å². The number of benzene rings is 2. The van der Waals surface area contributed by atoms with Crippen LogP contribution in [0.4, 0.5) is 0 Å². The zero-order valence-corrected chi connectivity index (χ0v) is 27.7. The topological polar surface area (TPSA) is 105 Å². The lowest BCUT2D eigenvalue weighted by atomic mass is 9.95. The molecule has 2 heterocycles. The van der Waals surface area contributed by atoms with Crippen LogP contribution in [-0.4, -0.2) is 42.4 Å². The first-order valence-electron chi connectivity index (χ1n) is 13.3. The number of carbonyl (C=O) groups is 2. The fraction of sp³-hybridized carbons (Fsp3) is 0.333. The third-order valence-electron chi connectivity index (χ3n) is 6.06. The molecule has 3 aromatic rings. The van der Waals surface area contributed by atoms with Crippen molar-refractivity contribution in [2.24, 2.45) is 4.99 Å². The quantitative estimate of drug-likeness (QED) is 0.270. The first kappa shape index (κ1) is 31.7. The Morgan fingerprint density at radius 1 is 1.12 bits per heavy atom. The van der Waals surface area contributed by atoms with E-state index in [2.05, 4.69) is 36.9 Å². The van der Waals surface area contributed by atoms with Crippen molar-refractivity contribution in [3.63, 3.8) is 0 Å². The van der Waals surface area contributed by atoms with Gasteiger partial charge in [-0.2, -0.15) is 0 Å². The van der Waals surface area contributed by atoms with Gasteiger partial charge in [0.2, 0.25) is 0 Å². The van der Waals surface area contributed by atoms with Crippen LogP contribution in [0.3, 0.4) is 0 Å². The van der Waals surface area contributed by atoms with Crippen LogP contribution in [-0.2, 0) is 19.1 Å². The molecule has 0 bridgehead atoms. The summed E-state index contributed by atoms with van der Waals surface area (Å²) in [6.45, 7) is 9.10. The summed E-state index contributed by atoms with van der Waals surface area (Å²) in [5.41, 5.74) is 1.55. The molecule has 0 fully saturated rings. The molecule has 1 aliphatic heterocycles. The van der Waals surface area contributed by atoms with Gasteiger partial charge in [-0.3, -0.25) is 9.36 Å². The van der Waals surface area contributed by atoms with Crippen molar-refractivity contribution in [1.29, 1.82) is 0 Å². The molecule has 12 heteroatoms. The summed E-state index contributed by atoms with van der Waals surface area (Å²) in [6, 6.07) is 10.1. The summed E-state index contributed by atoms with van der Waals surface area (Å²) in [7, 11) is 0. The molecule has 222 valence electrons. The second-order valence-electron chi connectivity index (χ2n) is 9.41. The van der Waals surface area contributed by atoms with E-state index in [0.29, 0.717) is 42.1 Å². The average Bonchev–Trinajstić information content (AvgIpc) is 3.21. The minimum Gasteiger partial charge on any atom is -0.491 e. The number of hydrogen-bond acceptors (Lipinski definition) is 9. The number of aromatic nitrogens is 1. The molecule has 1 aromatic heterocycles. The van der Waals surface area contributed by atoms with Crippen molar-refractivity contribution >= 4 is 61.2 Å². The fourth-order valence-electron chi connectivity index (χ4n) is 4.47. The second-order valence-corrected chi connectivity index (χ2v) is 12.2. The normalized spacial score (nSPS) is 14.9. The Balaban J connectivity index is 1.93. The Kier molecular flexibility index (Phi) is 10.4. The van der Waals surface area contributed by atoms with Gasteiger partial charge in [0.25, 0.3) is 5.56 Å². The van der Waals surface area contributed by atoms with E-state index in [9.17, 15) is 14.4 Å². The number of rotatable bonds is 10. The molecule has 0 saturated carbocycles. The molecule has 0 amide bonds. The summed E-state index contributed by atoms with van der Waals surface area (Å²) in [5, 5.41) is 0. The molecule has 2 aromatic carbocycles. The van der Waals surface area contributed by atoms with Gasteiger partial charge in [-0.1, -0.05) is 45.5 Å². The Morgan fingerprint density at radius 3 is 2.52 bits per heavy atom. The Labute approximate surface area is 263 Å². The van der Waals surface area contributed by atoms with Crippen LogP contribution >= 0.6 is 43.2 Å². The highest BCUT2D eigenvalue weighted by molar-refractivity contribution is 9.11. The van der Waals surface area contributed by atoms with Crippen LogP contribution < -0.4 is 24.4 Å². The van der Waals surface area contributed by atoms with E-state index in [1.165, 1.54) is 15.9 Å². The number of fused-ring (bicyclic) bond motifs is 1. The molecule has 0 unspecified atom stereocenters. The van der Waals surface area contributed by atoms with Gasteiger partial charge in [0.05, 0.1) is 39.6 Å². The van der Waals surface area contributed by atoms with Crippen molar-refractivity contribution in [2.45, 2.75) is 46.8 Å². The van der Waals surface area contributed by atoms with Crippen molar-refractivity contribution in [2.75, 3.05) is 19.8 Å². The summed E-state index contributed by atoms with van der Waals surface area (Å²) in [4.78, 5) is 44.4. The zero-order chi connectivity index (χ0) is 30.6. The molecule has 1 aliphatic rings.